The number of nitrogens with zero attached hydrogens (tertiary/aromatic N) is 3. The number of carbonyl (C=O) groups is 5. The number of hydrogen-bond acceptors (Lipinski definition) is 5. The molecule has 0 bridgehead atoms. The van der Waals surface area contributed by atoms with Crippen molar-refractivity contribution in [2.45, 2.75) is 25.7 Å². The van der Waals surface area contributed by atoms with Crippen molar-refractivity contribution in [1.82, 2.24) is 4.90 Å². The number of halogens is 3. The standard InChI is InChI=1S/C17H14I3N3O5/c1-21(2)17(28)11-12(18)15(22-7(24)3-4-8(22)25)14(20)16(13(11)19)23-9(26)5-6-10(23)27/h3-6H2,1-2H3. The van der Waals surface area contributed by atoms with Crippen LogP contribution < -0.4 is 9.80 Å². The predicted molar refractivity (Wildman–Crippen MR) is 126 cm³/mol. The first-order valence-corrected chi connectivity index (χ1v) is 11.4. The third-order valence-corrected chi connectivity index (χ3v) is 7.56. The van der Waals surface area contributed by atoms with E-state index >= 15 is 0 Å². The van der Waals surface area contributed by atoms with Crippen molar-refractivity contribution >= 4 is 109 Å². The second-order valence-electron chi connectivity index (χ2n) is 6.46. The number of amides is 5. The van der Waals surface area contributed by atoms with Crippen LogP contribution in [0.1, 0.15) is 36.0 Å². The highest BCUT2D eigenvalue weighted by Gasteiger charge is 2.41. The van der Waals surface area contributed by atoms with Crippen LogP contribution in [-0.4, -0.2) is 48.5 Å². The molecule has 0 radical (unpaired) electrons. The molecule has 0 unspecified atom stereocenters. The third-order valence-electron chi connectivity index (χ3n) is 4.44. The van der Waals surface area contributed by atoms with E-state index in [2.05, 4.69) is 0 Å². The molecule has 1 aromatic carbocycles. The Bertz CT molecular complexity index is 865. The fourth-order valence-electron chi connectivity index (χ4n) is 3.09. The van der Waals surface area contributed by atoms with Crippen LogP contribution in [0.2, 0.25) is 0 Å². The molecule has 5 amide bonds. The third kappa shape index (κ3) is 3.46. The van der Waals surface area contributed by atoms with E-state index in [9.17, 15) is 24.0 Å². The minimum absolute atomic E-state index is 0.0881. The van der Waals surface area contributed by atoms with Crippen LogP contribution in [-0.2, 0) is 19.2 Å². The molecule has 2 heterocycles. The van der Waals surface area contributed by atoms with Crippen molar-refractivity contribution < 1.29 is 24.0 Å². The molecule has 0 spiro atoms. The normalized spacial score (nSPS) is 17.2. The second kappa shape index (κ2) is 8.12. The van der Waals surface area contributed by atoms with Gasteiger partial charge in [0.2, 0.25) is 23.6 Å². The van der Waals surface area contributed by atoms with E-state index in [0.29, 0.717) is 10.7 Å². The maximum absolute atomic E-state index is 12.9. The van der Waals surface area contributed by atoms with Crippen LogP contribution in [0.15, 0.2) is 0 Å². The summed E-state index contributed by atoms with van der Waals surface area (Å²) in [7, 11) is 3.17. The van der Waals surface area contributed by atoms with E-state index in [4.69, 9.17) is 0 Å². The molecule has 0 aliphatic carbocycles. The average molecular weight is 721 g/mol. The van der Waals surface area contributed by atoms with Crippen LogP contribution in [0.4, 0.5) is 11.4 Å². The molecule has 8 nitrogen and oxygen atoms in total. The Hall–Kier alpha value is -0.840. The van der Waals surface area contributed by atoms with Crippen LogP contribution >= 0.6 is 67.8 Å². The van der Waals surface area contributed by atoms with Gasteiger partial charge in [0.05, 0.1) is 27.6 Å². The number of rotatable bonds is 3. The molecule has 1 aromatic rings. The maximum Gasteiger partial charge on any atom is 0.255 e. The molecule has 2 fully saturated rings. The Labute approximate surface area is 201 Å². The number of carbonyl (C=O) groups excluding carboxylic acids is 5. The summed E-state index contributed by atoms with van der Waals surface area (Å²) in [6.07, 6.45) is 0.353. The molecule has 2 saturated heterocycles. The zero-order chi connectivity index (χ0) is 20.9. The molecule has 2 aliphatic heterocycles. The molecule has 0 aromatic heterocycles. The number of anilines is 2. The topological polar surface area (TPSA) is 95.1 Å². The van der Waals surface area contributed by atoms with Gasteiger partial charge in [-0.05, 0) is 67.8 Å². The summed E-state index contributed by atoms with van der Waals surface area (Å²) in [6.45, 7) is 0. The average Bonchev–Trinajstić information content (AvgIpc) is 3.11. The van der Waals surface area contributed by atoms with Gasteiger partial charge in [0.15, 0.2) is 0 Å². The lowest BCUT2D eigenvalue weighted by molar-refractivity contribution is -0.122. The summed E-state index contributed by atoms with van der Waals surface area (Å²) in [5.74, 6) is -1.80. The summed E-state index contributed by atoms with van der Waals surface area (Å²) in [5, 5.41) is 0. The van der Waals surface area contributed by atoms with Gasteiger partial charge in [0, 0.05) is 39.8 Å². The van der Waals surface area contributed by atoms with Crippen molar-refractivity contribution in [2.75, 3.05) is 23.9 Å². The molecule has 0 N–H and O–H groups in total. The highest BCUT2D eigenvalue weighted by atomic mass is 127. The Morgan fingerprint density at radius 2 is 1.04 bits per heavy atom. The largest absolute Gasteiger partial charge is 0.345 e. The fourth-order valence-corrected chi connectivity index (χ4v) is 7.69. The zero-order valence-corrected chi connectivity index (χ0v) is 21.3. The van der Waals surface area contributed by atoms with Crippen LogP contribution in [0.5, 0.6) is 0 Å². The van der Waals surface area contributed by atoms with Crippen molar-refractivity contribution in [2.24, 2.45) is 0 Å². The van der Waals surface area contributed by atoms with E-state index in [-0.39, 0.29) is 72.2 Å². The van der Waals surface area contributed by atoms with Gasteiger partial charge in [0.1, 0.15) is 0 Å². The van der Waals surface area contributed by atoms with Gasteiger partial charge < -0.3 is 4.90 Å². The second-order valence-corrected chi connectivity index (χ2v) is 9.70. The van der Waals surface area contributed by atoms with Gasteiger partial charge in [-0.15, -0.1) is 0 Å². The van der Waals surface area contributed by atoms with Gasteiger partial charge in [-0.2, -0.15) is 0 Å². The van der Waals surface area contributed by atoms with Crippen molar-refractivity contribution in [1.29, 1.82) is 0 Å². The highest BCUT2D eigenvalue weighted by Crippen LogP contribution is 2.45. The maximum atomic E-state index is 12.9. The van der Waals surface area contributed by atoms with Crippen molar-refractivity contribution in [3.8, 4) is 0 Å². The van der Waals surface area contributed by atoms with E-state index in [1.165, 1.54) is 4.90 Å². The van der Waals surface area contributed by atoms with E-state index in [1.54, 1.807) is 14.1 Å². The number of benzene rings is 1. The van der Waals surface area contributed by atoms with Crippen molar-refractivity contribution in [3.63, 3.8) is 0 Å². The van der Waals surface area contributed by atoms with Gasteiger partial charge in [-0.3, -0.25) is 24.0 Å². The van der Waals surface area contributed by atoms with Gasteiger partial charge in [0.25, 0.3) is 5.91 Å². The Morgan fingerprint density at radius 3 is 1.32 bits per heavy atom. The van der Waals surface area contributed by atoms with Crippen molar-refractivity contribution in [3.05, 3.63) is 16.3 Å². The molecule has 0 atom stereocenters. The molecular formula is C17H14I3N3O5. The Morgan fingerprint density at radius 1 is 0.714 bits per heavy atom. The first-order valence-electron chi connectivity index (χ1n) is 8.21. The first-order chi connectivity index (χ1) is 13.1. The number of hydrogen-bond donors (Lipinski definition) is 0. The first kappa shape index (κ1) is 21.9. The van der Waals surface area contributed by atoms with Crippen LogP contribution in [0, 0.1) is 10.7 Å². The molecule has 0 saturated carbocycles. The minimum Gasteiger partial charge on any atom is -0.345 e. The SMILES string of the molecule is CN(C)C(=O)c1c(I)c(N2C(=O)CCC2=O)c(I)c(N2C(=O)CCC2=O)c1I. The minimum atomic E-state index is -0.365. The van der Waals surface area contributed by atoms with Gasteiger partial charge >= 0.3 is 0 Å². The van der Waals surface area contributed by atoms with E-state index < -0.39 is 0 Å². The predicted octanol–water partition coefficient (Wildman–Crippen LogP) is 2.51. The molecule has 28 heavy (non-hydrogen) atoms. The lowest BCUT2D eigenvalue weighted by atomic mass is 10.1. The van der Waals surface area contributed by atoms with Gasteiger partial charge in [-0.1, -0.05) is 0 Å². The summed E-state index contributed by atoms with van der Waals surface area (Å²) in [5.41, 5.74) is 0.792. The summed E-state index contributed by atoms with van der Waals surface area (Å²) in [6, 6.07) is 0. The van der Waals surface area contributed by atoms with E-state index in [0.717, 1.165) is 9.80 Å². The monoisotopic (exact) mass is 721 g/mol. The molecular weight excluding hydrogens is 707 g/mol. The summed E-state index contributed by atoms with van der Waals surface area (Å²) < 4.78 is 1.31. The zero-order valence-electron chi connectivity index (χ0n) is 14.8. The lowest BCUT2D eigenvalue weighted by Gasteiger charge is -2.27. The molecule has 11 heteroatoms. The fraction of sp³-hybridized carbons (Fsp3) is 0.353. The molecule has 2 aliphatic rings. The summed E-state index contributed by atoms with van der Waals surface area (Å²) in [4.78, 5) is 66.0. The number of imide groups is 2. The van der Waals surface area contributed by atoms with Crippen LogP contribution in [0.3, 0.4) is 0 Å². The Kier molecular flexibility index (Phi) is 6.34. The smallest absolute Gasteiger partial charge is 0.255 e. The van der Waals surface area contributed by atoms with Gasteiger partial charge in [-0.25, -0.2) is 9.80 Å². The Balaban J connectivity index is 2.38. The highest BCUT2D eigenvalue weighted by molar-refractivity contribution is 14.1. The van der Waals surface area contributed by atoms with Crippen LogP contribution in [0.25, 0.3) is 0 Å². The molecule has 3 rings (SSSR count). The summed E-state index contributed by atoms with van der Waals surface area (Å²) >= 11 is 5.84. The quantitative estimate of drug-likeness (QED) is 0.354. The lowest BCUT2D eigenvalue weighted by Crippen LogP contribution is -2.35. The molecule has 148 valence electrons. The van der Waals surface area contributed by atoms with E-state index in [1.807, 2.05) is 67.8 Å².